The lowest BCUT2D eigenvalue weighted by molar-refractivity contribution is -0.159. The highest BCUT2D eigenvalue weighted by molar-refractivity contribution is 5.79. The van der Waals surface area contributed by atoms with Crippen molar-refractivity contribution in [1.82, 2.24) is 10.6 Å². The van der Waals surface area contributed by atoms with Crippen LogP contribution in [0.1, 0.15) is 19.3 Å². The fraction of sp³-hybridized carbons (Fsp3) is 0.800. The molecule has 1 amide bonds. The second kappa shape index (κ2) is 4.56. The fourth-order valence-corrected chi connectivity index (χ4v) is 1.97. The number of amides is 1. The molecule has 7 heteroatoms. The molecular formula is C10H14F2N2O3. The average molecular weight is 248 g/mol. The number of alkyl halides is 2. The Balaban J connectivity index is 1.73. The van der Waals surface area contributed by atoms with Gasteiger partial charge in [-0.05, 0) is 6.42 Å². The summed E-state index contributed by atoms with van der Waals surface area (Å²) in [6.45, 7) is 0.678. The molecule has 17 heavy (non-hydrogen) atoms. The van der Waals surface area contributed by atoms with E-state index in [1.54, 1.807) is 0 Å². The Kier molecular flexibility index (Phi) is 3.28. The number of halogens is 2. The molecule has 2 atom stereocenters. The number of ether oxygens (including phenoxy) is 1. The highest BCUT2D eigenvalue weighted by atomic mass is 19.3. The highest BCUT2D eigenvalue weighted by Crippen LogP contribution is 2.30. The third-order valence-electron chi connectivity index (χ3n) is 2.96. The molecule has 0 aromatic heterocycles. The first kappa shape index (κ1) is 12.2. The van der Waals surface area contributed by atoms with Crippen LogP contribution in [0.25, 0.3) is 0 Å². The topological polar surface area (TPSA) is 67.4 Å². The van der Waals surface area contributed by atoms with Gasteiger partial charge in [0.25, 0.3) is 0 Å². The molecule has 2 unspecified atom stereocenters. The Morgan fingerprint density at radius 1 is 1.47 bits per heavy atom. The maximum Gasteiger partial charge on any atom is 0.377 e. The Hall–Kier alpha value is -1.24. The van der Waals surface area contributed by atoms with Crippen LogP contribution >= 0.6 is 0 Å². The molecule has 0 saturated carbocycles. The van der Waals surface area contributed by atoms with Crippen molar-refractivity contribution < 1.29 is 23.1 Å². The van der Waals surface area contributed by atoms with Crippen LogP contribution in [0.5, 0.6) is 0 Å². The van der Waals surface area contributed by atoms with E-state index in [1.165, 1.54) is 0 Å². The minimum atomic E-state index is -3.35. The van der Waals surface area contributed by atoms with E-state index in [1.807, 2.05) is 0 Å². The van der Waals surface area contributed by atoms with E-state index >= 15 is 0 Å². The van der Waals surface area contributed by atoms with Gasteiger partial charge in [0, 0.05) is 25.6 Å². The average Bonchev–Trinajstić information content (AvgIpc) is 2.52. The number of nitrogens with one attached hydrogen (secondary N) is 2. The molecule has 2 heterocycles. The van der Waals surface area contributed by atoms with Crippen molar-refractivity contribution in [3.8, 4) is 0 Å². The zero-order valence-electron chi connectivity index (χ0n) is 9.17. The molecule has 2 aliphatic heterocycles. The number of rotatable bonds is 3. The molecule has 0 spiro atoms. The van der Waals surface area contributed by atoms with Crippen molar-refractivity contribution in [3.63, 3.8) is 0 Å². The van der Waals surface area contributed by atoms with E-state index in [9.17, 15) is 18.4 Å². The number of hydrogen-bond donors (Lipinski definition) is 2. The Labute approximate surface area is 96.9 Å². The normalized spacial score (nSPS) is 32.1. The molecule has 2 fully saturated rings. The molecule has 0 radical (unpaired) electrons. The summed E-state index contributed by atoms with van der Waals surface area (Å²) in [5.41, 5.74) is 0. The van der Waals surface area contributed by atoms with Crippen molar-refractivity contribution in [2.75, 3.05) is 13.1 Å². The molecule has 2 saturated heterocycles. The van der Waals surface area contributed by atoms with Gasteiger partial charge in [0.2, 0.25) is 5.91 Å². The van der Waals surface area contributed by atoms with E-state index in [-0.39, 0.29) is 18.5 Å². The minimum Gasteiger partial charge on any atom is -0.456 e. The van der Waals surface area contributed by atoms with Gasteiger partial charge in [-0.1, -0.05) is 0 Å². The SMILES string of the molecule is O=C1CCC(NCC2CC(F)(F)C(=O)O2)CN1. The predicted molar refractivity (Wildman–Crippen MR) is 53.5 cm³/mol. The van der Waals surface area contributed by atoms with Crippen molar-refractivity contribution in [2.24, 2.45) is 0 Å². The van der Waals surface area contributed by atoms with Crippen LogP contribution in [0.2, 0.25) is 0 Å². The zero-order chi connectivity index (χ0) is 12.5. The van der Waals surface area contributed by atoms with Gasteiger partial charge in [-0.2, -0.15) is 8.78 Å². The summed E-state index contributed by atoms with van der Waals surface area (Å²) in [5, 5.41) is 5.69. The van der Waals surface area contributed by atoms with E-state index in [0.717, 1.165) is 0 Å². The molecule has 2 N–H and O–H groups in total. The summed E-state index contributed by atoms with van der Waals surface area (Å²) in [6.07, 6.45) is -0.255. The maximum absolute atomic E-state index is 12.8. The number of piperidine rings is 1. The van der Waals surface area contributed by atoms with E-state index in [2.05, 4.69) is 15.4 Å². The zero-order valence-corrected chi connectivity index (χ0v) is 9.17. The van der Waals surface area contributed by atoms with Gasteiger partial charge in [0.1, 0.15) is 6.10 Å². The fourth-order valence-electron chi connectivity index (χ4n) is 1.97. The van der Waals surface area contributed by atoms with Crippen LogP contribution in [0.4, 0.5) is 8.78 Å². The summed E-state index contributed by atoms with van der Waals surface area (Å²) in [6, 6.07) is 0.0561. The van der Waals surface area contributed by atoms with Crippen LogP contribution in [-0.4, -0.2) is 43.0 Å². The van der Waals surface area contributed by atoms with Crippen LogP contribution in [0.15, 0.2) is 0 Å². The third kappa shape index (κ3) is 2.91. The molecule has 2 aliphatic rings. The summed E-state index contributed by atoms with van der Waals surface area (Å²) in [7, 11) is 0. The van der Waals surface area contributed by atoms with Gasteiger partial charge >= 0.3 is 11.9 Å². The molecule has 0 aliphatic carbocycles. The van der Waals surface area contributed by atoms with Gasteiger partial charge in [0.15, 0.2) is 0 Å². The first-order valence-electron chi connectivity index (χ1n) is 5.56. The second-order valence-electron chi connectivity index (χ2n) is 4.38. The van der Waals surface area contributed by atoms with Crippen LogP contribution < -0.4 is 10.6 Å². The van der Waals surface area contributed by atoms with Crippen molar-refractivity contribution in [3.05, 3.63) is 0 Å². The van der Waals surface area contributed by atoms with E-state index in [0.29, 0.717) is 19.4 Å². The smallest absolute Gasteiger partial charge is 0.377 e. The lowest BCUT2D eigenvalue weighted by Gasteiger charge is -2.24. The largest absolute Gasteiger partial charge is 0.456 e. The number of hydrogen-bond acceptors (Lipinski definition) is 4. The third-order valence-corrected chi connectivity index (χ3v) is 2.96. The number of cyclic esters (lactones) is 1. The van der Waals surface area contributed by atoms with Crippen molar-refractivity contribution in [2.45, 2.75) is 37.3 Å². The molecular weight excluding hydrogens is 234 g/mol. The number of carbonyl (C=O) groups is 2. The molecule has 5 nitrogen and oxygen atoms in total. The molecule has 0 aromatic rings. The predicted octanol–water partition coefficient (Wildman–Crippen LogP) is -0.195. The number of carbonyl (C=O) groups excluding carboxylic acids is 2. The van der Waals surface area contributed by atoms with Crippen LogP contribution in [0, 0.1) is 0 Å². The Bertz CT molecular complexity index is 326. The van der Waals surface area contributed by atoms with Gasteiger partial charge in [-0.15, -0.1) is 0 Å². The first-order chi connectivity index (χ1) is 7.97. The highest BCUT2D eigenvalue weighted by Gasteiger charge is 2.50. The van der Waals surface area contributed by atoms with Crippen molar-refractivity contribution in [1.29, 1.82) is 0 Å². The van der Waals surface area contributed by atoms with E-state index < -0.39 is 24.4 Å². The minimum absolute atomic E-state index is 0.00174. The first-order valence-corrected chi connectivity index (χ1v) is 5.56. The van der Waals surface area contributed by atoms with Gasteiger partial charge in [-0.3, -0.25) is 4.79 Å². The van der Waals surface area contributed by atoms with Crippen molar-refractivity contribution >= 4 is 11.9 Å². The summed E-state index contributed by atoms with van der Waals surface area (Å²) >= 11 is 0. The van der Waals surface area contributed by atoms with Crippen LogP contribution in [-0.2, 0) is 14.3 Å². The lowest BCUT2D eigenvalue weighted by Crippen LogP contribution is -2.47. The Morgan fingerprint density at radius 2 is 2.24 bits per heavy atom. The van der Waals surface area contributed by atoms with Gasteiger partial charge in [-0.25, -0.2) is 4.79 Å². The molecule has 96 valence electrons. The summed E-state index contributed by atoms with van der Waals surface area (Å²) < 4.78 is 30.2. The van der Waals surface area contributed by atoms with E-state index in [4.69, 9.17) is 0 Å². The number of esters is 1. The quantitative estimate of drug-likeness (QED) is 0.679. The summed E-state index contributed by atoms with van der Waals surface area (Å²) in [5.74, 6) is -4.80. The van der Waals surface area contributed by atoms with Gasteiger partial charge in [0.05, 0.1) is 6.42 Å². The Morgan fingerprint density at radius 3 is 2.76 bits per heavy atom. The summed E-state index contributed by atoms with van der Waals surface area (Å²) in [4.78, 5) is 21.6. The molecule has 2 rings (SSSR count). The van der Waals surface area contributed by atoms with Crippen LogP contribution in [0.3, 0.4) is 0 Å². The maximum atomic E-state index is 12.8. The standard InChI is InChI=1S/C10H14F2N2O3/c11-10(12)3-7(17-9(10)16)5-13-6-1-2-8(15)14-4-6/h6-7,13H,1-5H2,(H,14,15). The monoisotopic (exact) mass is 248 g/mol. The lowest BCUT2D eigenvalue weighted by atomic mass is 10.1. The molecule has 0 bridgehead atoms. The second-order valence-corrected chi connectivity index (χ2v) is 4.38. The van der Waals surface area contributed by atoms with Gasteiger partial charge < -0.3 is 15.4 Å². The molecule has 0 aromatic carbocycles.